The van der Waals surface area contributed by atoms with Crippen LogP contribution in [0.25, 0.3) is 16.9 Å². The zero-order valence-corrected chi connectivity index (χ0v) is 17.3. The average molecular weight is 451 g/mol. The van der Waals surface area contributed by atoms with Crippen molar-refractivity contribution in [2.45, 2.75) is 6.54 Å². The van der Waals surface area contributed by atoms with Gasteiger partial charge in [-0.3, -0.25) is 0 Å². The lowest BCUT2D eigenvalue weighted by molar-refractivity contribution is 0.414. The van der Waals surface area contributed by atoms with E-state index in [9.17, 15) is 5.11 Å². The first-order valence-electron chi connectivity index (χ1n) is 9.02. The summed E-state index contributed by atoms with van der Waals surface area (Å²) in [5.41, 5.74) is 3.30. The molecule has 0 radical (unpaired) electrons. The van der Waals surface area contributed by atoms with Crippen LogP contribution in [-0.2, 0) is 6.54 Å². The molecule has 0 amide bonds. The molecule has 7 heteroatoms. The molecule has 6 nitrogen and oxygen atoms in total. The van der Waals surface area contributed by atoms with Gasteiger partial charge in [-0.2, -0.15) is 4.68 Å². The number of anilines is 1. The third-order valence-corrected chi connectivity index (χ3v) is 5.02. The van der Waals surface area contributed by atoms with E-state index in [1.165, 1.54) is 0 Å². The Bertz CT molecular complexity index is 1110. The third-order valence-electron chi connectivity index (χ3n) is 4.52. The second-order valence-electron chi connectivity index (χ2n) is 6.39. The monoisotopic (exact) mass is 450 g/mol. The van der Waals surface area contributed by atoms with Gasteiger partial charge < -0.3 is 15.2 Å². The van der Waals surface area contributed by atoms with Crippen LogP contribution in [-0.4, -0.2) is 27.2 Å². The van der Waals surface area contributed by atoms with Crippen molar-refractivity contribution < 1.29 is 9.84 Å². The molecule has 3 aromatic carbocycles. The van der Waals surface area contributed by atoms with Crippen molar-refractivity contribution in [2.24, 2.45) is 0 Å². The Kier molecular flexibility index (Phi) is 5.48. The molecule has 4 aromatic rings. The Morgan fingerprint density at radius 3 is 2.52 bits per heavy atom. The van der Waals surface area contributed by atoms with Crippen molar-refractivity contribution in [3.63, 3.8) is 0 Å². The number of halogens is 1. The topological polar surface area (TPSA) is 72.2 Å². The molecule has 0 saturated carbocycles. The third kappa shape index (κ3) is 4.09. The van der Waals surface area contributed by atoms with Crippen LogP contribution in [0.5, 0.6) is 11.5 Å². The van der Waals surface area contributed by atoms with E-state index in [1.807, 2.05) is 60.7 Å². The lowest BCUT2D eigenvalue weighted by atomic mass is 10.1. The van der Waals surface area contributed by atoms with Crippen LogP contribution in [0.3, 0.4) is 0 Å². The molecule has 1 aromatic heterocycles. The summed E-state index contributed by atoms with van der Waals surface area (Å²) in [5, 5.41) is 22.3. The van der Waals surface area contributed by atoms with Gasteiger partial charge >= 0.3 is 0 Å². The van der Waals surface area contributed by atoms with Crippen molar-refractivity contribution in [2.75, 3.05) is 12.4 Å². The fourth-order valence-corrected chi connectivity index (χ4v) is 3.42. The number of nitrogens with one attached hydrogen (secondary N) is 1. The van der Waals surface area contributed by atoms with E-state index in [0.29, 0.717) is 6.54 Å². The second kappa shape index (κ2) is 8.36. The van der Waals surface area contributed by atoms with Crippen molar-refractivity contribution in [3.8, 4) is 28.4 Å². The van der Waals surface area contributed by atoms with Gasteiger partial charge in [-0.1, -0.05) is 51.5 Å². The molecule has 0 spiro atoms. The van der Waals surface area contributed by atoms with Gasteiger partial charge in [0.15, 0.2) is 5.82 Å². The van der Waals surface area contributed by atoms with Crippen LogP contribution in [0.1, 0.15) is 5.56 Å². The number of nitrogens with zero attached hydrogens (tertiary/aromatic N) is 3. The number of ether oxygens (including phenoxy) is 1. The van der Waals surface area contributed by atoms with Gasteiger partial charge in [0.25, 0.3) is 0 Å². The normalized spacial score (nSPS) is 10.7. The standard InChI is InChI=1S/C22H19BrN4O2/c1-29-19-10-8-18(9-11-19)27-22(21(25-26-27)15-5-3-2-4-6-15)24-14-16-13-17(23)7-12-20(16)28/h2-13,24,28H,14H2,1H3. The van der Waals surface area contributed by atoms with E-state index in [2.05, 4.69) is 31.6 Å². The SMILES string of the molecule is COc1ccc(-n2nnc(-c3ccccc3)c2NCc2cc(Br)ccc2O)cc1. The number of hydrogen-bond donors (Lipinski definition) is 2. The van der Waals surface area contributed by atoms with Crippen LogP contribution in [0.4, 0.5) is 5.82 Å². The molecule has 0 aliphatic heterocycles. The molecule has 0 saturated heterocycles. The van der Waals surface area contributed by atoms with Crippen molar-refractivity contribution in [3.05, 3.63) is 82.8 Å². The molecule has 146 valence electrons. The van der Waals surface area contributed by atoms with Crippen LogP contribution in [0.2, 0.25) is 0 Å². The van der Waals surface area contributed by atoms with Crippen LogP contribution in [0.15, 0.2) is 77.3 Å². The van der Waals surface area contributed by atoms with Crippen LogP contribution >= 0.6 is 15.9 Å². The summed E-state index contributed by atoms with van der Waals surface area (Å²) in [6.45, 7) is 0.411. The van der Waals surface area contributed by atoms with E-state index in [4.69, 9.17) is 4.74 Å². The van der Waals surface area contributed by atoms with E-state index < -0.39 is 0 Å². The molecular formula is C22H19BrN4O2. The number of aromatic nitrogens is 3. The summed E-state index contributed by atoms with van der Waals surface area (Å²) < 4.78 is 7.89. The van der Waals surface area contributed by atoms with Crippen molar-refractivity contribution in [1.29, 1.82) is 0 Å². The summed E-state index contributed by atoms with van der Waals surface area (Å²) in [4.78, 5) is 0. The number of phenols is 1. The summed E-state index contributed by atoms with van der Waals surface area (Å²) in [5.74, 6) is 1.73. The molecular weight excluding hydrogens is 432 g/mol. The van der Waals surface area contributed by atoms with Gasteiger partial charge in [0.1, 0.15) is 17.2 Å². The highest BCUT2D eigenvalue weighted by Gasteiger charge is 2.16. The fourth-order valence-electron chi connectivity index (χ4n) is 3.01. The Hall–Kier alpha value is -3.32. The number of aromatic hydroxyl groups is 1. The highest BCUT2D eigenvalue weighted by molar-refractivity contribution is 9.10. The van der Waals surface area contributed by atoms with Gasteiger partial charge in [-0.05, 0) is 42.5 Å². The van der Waals surface area contributed by atoms with E-state index >= 15 is 0 Å². The maximum absolute atomic E-state index is 10.2. The zero-order valence-electron chi connectivity index (χ0n) is 15.7. The highest BCUT2D eigenvalue weighted by Crippen LogP contribution is 2.30. The molecule has 29 heavy (non-hydrogen) atoms. The number of phenolic OH excluding ortho intramolecular Hbond substituents is 1. The lowest BCUT2D eigenvalue weighted by Gasteiger charge is -2.12. The van der Waals surface area contributed by atoms with Crippen LogP contribution in [0, 0.1) is 0 Å². The Morgan fingerprint density at radius 1 is 1.03 bits per heavy atom. The highest BCUT2D eigenvalue weighted by atomic mass is 79.9. The predicted molar refractivity (Wildman–Crippen MR) is 116 cm³/mol. The van der Waals surface area contributed by atoms with Gasteiger partial charge in [0.05, 0.1) is 12.8 Å². The number of benzene rings is 3. The summed E-state index contributed by atoms with van der Waals surface area (Å²) in [7, 11) is 1.63. The van der Waals surface area contributed by atoms with E-state index in [-0.39, 0.29) is 5.75 Å². The van der Waals surface area contributed by atoms with E-state index in [0.717, 1.165) is 38.5 Å². The van der Waals surface area contributed by atoms with Gasteiger partial charge in [-0.15, -0.1) is 5.10 Å². The number of rotatable bonds is 6. The van der Waals surface area contributed by atoms with Crippen molar-refractivity contribution in [1.82, 2.24) is 15.0 Å². The van der Waals surface area contributed by atoms with Gasteiger partial charge in [0.2, 0.25) is 0 Å². The van der Waals surface area contributed by atoms with E-state index in [1.54, 1.807) is 23.9 Å². The summed E-state index contributed by atoms with van der Waals surface area (Å²) in [6.07, 6.45) is 0. The van der Waals surface area contributed by atoms with Crippen molar-refractivity contribution >= 4 is 21.7 Å². The number of methoxy groups -OCH3 is 1. The molecule has 1 heterocycles. The molecule has 0 bridgehead atoms. The van der Waals surface area contributed by atoms with Crippen LogP contribution < -0.4 is 10.1 Å². The minimum atomic E-state index is 0.227. The minimum Gasteiger partial charge on any atom is -0.508 e. The van der Waals surface area contributed by atoms with Gasteiger partial charge in [-0.25, -0.2) is 0 Å². The first-order chi connectivity index (χ1) is 14.2. The Morgan fingerprint density at radius 2 is 1.79 bits per heavy atom. The average Bonchev–Trinajstić information content (AvgIpc) is 3.19. The Labute approximate surface area is 176 Å². The molecule has 0 fully saturated rings. The first kappa shape index (κ1) is 19.0. The largest absolute Gasteiger partial charge is 0.508 e. The maximum Gasteiger partial charge on any atom is 0.158 e. The zero-order chi connectivity index (χ0) is 20.2. The van der Waals surface area contributed by atoms with Gasteiger partial charge in [0, 0.05) is 22.1 Å². The molecule has 0 aliphatic rings. The number of hydrogen-bond acceptors (Lipinski definition) is 5. The Balaban J connectivity index is 1.74. The summed E-state index contributed by atoms with van der Waals surface area (Å²) >= 11 is 3.45. The smallest absolute Gasteiger partial charge is 0.158 e. The molecule has 0 unspecified atom stereocenters. The lowest BCUT2D eigenvalue weighted by Crippen LogP contribution is -2.07. The maximum atomic E-state index is 10.2. The second-order valence-corrected chi connectivity index (χ2v) is 7.30. The first-order valence-corrected chi connectivity index (χ1v) is 9.82. The summed E-state index contributed by atoms with van der Waals surface area (Å²) in [6, 6.07) is 22.8. The molecule has 2 N–H and O–H groups in total. The minimum absolute atomic E-state index is 0.227. The molecule has 4 rings (SSSR count). The molecule has 0 atom stereocenters. The fraction of sp³-hybridized carbons (Fsp3) is 0.0909. The predicted octanol–water partition coefficient (Wildman–Crippen LogP) is 5.02. The molecule has 0 aliphatic carbocycles. The quantitative estimate of drug-likeness (QED) is 0.431.